The maximum Gasteiger partial charge on any atom is 0.108 e. The van der Waals surface area contributed by atoms with Gasteiger partial charge in [-0.25, -0.2) is 0 Å². The van der Waals surface area contributed by atoms with Gasteiger partial charge in [-0.05, 0) is 6.08 Å². The molecule has 1 aliphatic rings. The zero-order valence-corrected chi connectivity index (χ0v) is 4.81. The minimum atomic E-state index is 0.687. The van der Waals surface area contributed by atoms with Gasteiger partial charge in [0.2, 0.25) is 0 Å². The van der Waals surface area contributed by atoms with Crippen molar-refractivity contribution < 1.29 is 0 Å². The number of nitrogens with zero attached hydrogens (tertiary/aromatic N) is 1. The lowest BCUT2D eigenvalue weighted by atomic mass is 10.5. The van der Waals surface area contributed by atoms with Gasteiger partial charge in [0.25, 0.3) is 0 Å². The first kappa shape index (κ1) is 5.15. The van der Waals surface area contributed by atoms with Gasteiger partial charge in [-0.15, -0.1) is 0 Å². The number of hydrogen-bond acceptors (Lipinski definition) is 3. The molecule has 0 fully saturated rings. The first-order valence-corrected chi connectivity index (χ1v) is 2.55. The summed E-state index contributed by atoms with van der Waals surface area (Å²) in [5, 5.41) is 5.98. The zero-order valence-electron chi connectivity index (χ0n) is 4.81. The lowest BCUT2D eigenvalue weighted by Gasteiger charge is -2.09. The van der Waals surface area contributed by atoms with Crippen LogP contribution in [-0.2, 0) is 0 Å². The Bertz CT molecular complexity index is 126. The summed E-state index contributed by atoms with van der Waals surface area (Å²) in [5.74, 6) is 1.03. The van der Waals surface area contributed by atoms with Crippen molar-refractivity contribution in [1.29, 1.82) is 0 Å². The van der Waals surface area contributed by atoms with Crippen LogP contribution in [0.5, 0.6) is 0 Å². The smallest absolute Gasteiger partial charge is 0.108 e. The van der Waals surface area contributed by atoms with E-state index in [0.29, 0.717) is 6.67 Å². The third-order valence-corrected chi connectivity index (χ3v) is 0.977. The van der Waals surface area contributed by atoms with Crippen molar-refractivity contribution in [3.05, 3.63) is 11.9 Å². The molecule has 0 aliphatic carbocycles. The Morgan fingerprint density at radius 2 is 2.75 bits per heavy atom. The highest BCUT2D eigenvalue weighted by Crippen LogP contribution is 1.83. The summed E-state index contributed by atoms with van der Waals surface area (Å²) < 4.78 is 0. The van der Waals surface area contributed by atoms with Crippen molar-refractivity contribution in [1.82, 2.24) is 10.6 Å². The highest BCUT2D eigenvalue weighted by molar-refractivity contribution is 5.72. The van der Waals surface area contributed by atoms with Crippen molar-refractivity contribution in [3.8, 4) is 0 Å². The van der Waals surface area contributed by atoms with Crippen LogP contribution >= 0.6 is 0 Å². The van der Waals surface area contributed by atoms with E-state index in [2.05, 4.69) is 15.6 Å². The van der Waals surface area contributed by atoms with E-state index < -0.39 is 0 Å². The normalized spacial score (nSPS) is 16.9. The first-order chi connectivity index (χ1) is 3.93. The molecule has 0 saturated carbocycles. The lowest BCUT2D eigenvalue weighted by Crippen LogP contribution is -2.25. The van der Waals surface area contributed by atoms with Crippen LogP contribution in [0.2, 0.25) is 0 Å². The molecule has 2 N–H and O–H groups in total. The molecular weight excluding hydrogens is 102 g/mol. The standard InChI is InChI=1S/C5H9N3/c1-6-5-2-3-7-4-8-5/h2-3,6,8H,4H2,1H3. The molecule has 0 spiro atoms. The molecular formula is C5H9N3. The van der Waals surface area contributed by atoms with Gasteiger partial charge in [0.15, 0.2) is 0 Å². The molecule has 3 heteroatoms. The number of hydrogen-bond donors (Lipinski definition) is 2. The predicted octanol–water partition coefficient (Wildman–Crippen LogP) is -0.321. The summed E-state index contributed by atoms with van der Waals surface area (Å²) >= 11 is 0. The molecule has 0 amide bonds. The number of allylic oxidation sites excluding steroid dienone is 1. The van der Waals surface area contributed by atoms with Crippen LogP contribution in [-0.4, -0.2) is 19.9 Å². The first-order valence-electron chi connectivity index (χ1n) is 2.55. The quantitative estimate of drug-likeness (QED) is 0.486. The maximum atomic E-state index is 3.92. The van der Waals surface area contributed by atoms with Gasteiger partial charge in [0, 0.05) is 13.3 Å². The molecule has 1 rings (SSSR count). The monoisotopic (exact) mass is 111 g/mol. The van der Waals surface area contributed by atoms with E-state index >= 15 is 0 Å². The van der Waals surface area contributed by atoms with E-state index in [1.165, 1.54) is 0 Å². The summed E-state index contributed by atoms with van der Waals surface area (Å²) in [6.45, 7) is 0.687. The summed E-state index contributed by atoms with van der Waals surface area (Å²) in [6.07, 6.45) is 3.67. The molecule has 44 valence electrons. The van der Waals surface area contributed by atoms with E-state index in [1.807, 2.05) is 13.1 Å². The minimum absolute atomic E-state index is 0.687. The second-order valence-corrected chi connectivity index (χ2v) is 1.50. The van der Waals surface area contributed by atoms with Crippen LogP contribution in [0.25, 0.3) is 0 Å². The van der Waals surface area contributed by atoms with Crippen molar-refractivity contribution in [3.63, 3.8) is 0 Å². The van der Waals surface area contributed by atoms with Gasteiger partial charge < -0.3 is 10.6 Å². The third kappa shape index (κ3) is 0.992. The Hall–Kier alpha value is -0.990. The largest absolute Gasteiger partial charge is 0.375 e. The molecule has 0 atom stereocenters. The summed E-state index contributed by atoms with van der Waals surface area (Å²) in [6, 6.07) is 0. The van der Waals surface area contributed by atoms with Gasteiger partial charge >= 0.3 is 0 Å². The Morgan fingerprint density at radius 3 is 3.12 bits per heavy atom. The topological polar surface area (TPSA) is 36.4 Å². The SMILES string of the molecule is CNC1=CC=NCN1. The van der Waals surface area contributed by atoms with Gasteiger partial charge in [-0.1, -0.05) is 0 Å². The van der Waals surface area contributed by atoms with E-state index in [9.17, 15) is 0 Å². The molecule has 0 aromatic carbocycles. The molecule has 0 unspecified atom stereocenters. The van der Waals surface area contributed by atoms with Crippen molar-refractivity contribution >= 4 is 6.21 Å². The Kier molecular flexibility index (Phi) is 1.51. The summed E-state index contributed by atoms with van der Waals surface area (Å²) in [7, 11) is 1.87. The van der Waals surface area contributed by atoms with Crippen LogP contribution in [0, 0.1) is 0 Å². The van der Waals surface area contributed by atoms with Crippen molar-refractivity contribution in [2.75, 3.05) is 13.7 Å². The molecule has 0 aromatic rings. The van der Waals surface area contributed by atoms with Gasteiger partial charge in [-0.2, -0.15) is 0 Å². The average Bonchev–Trinajstić information content (AvgIpc) is 1.90. The second-order valence-electron chi connectivity index (χ2n) is 1.50. The second kappa shape index (κ2) is 2.35. The van der Waals surface area contributed by atoms with Crippen LogP contribution in [0.15, 0.2) is 16.9 Å². The Labute approximate surface area is 48.5 Å². The molecule has 0 bridgehead atoms. The lowest BCUT2D eigenvalue weighted by molar-refractivity contribution is 0.745. The van der Waals surface area contributed by atoms with E-state index in [0.717, 1.165) is 5.82 Å². The van der Waals surface area contributed by atoms with Crippen molar-refractivity contribution in [2.24, 2.45) is 4.99 Å². The van der Waals surface area contributed by atoms with E-state index in [1.54, 1.807) is 6.21 Å². The highest BCUT2D eigenvalue weighted by atomic mass is 15.1. The number of nitrogens with one attached hydrogen (secondary N) is 2. The summed E-state index contributed by atoms with van der Waals surface area (Å²) in [5.41, 5.74) is 0. The molecule has 8 heavy (non-hydrogen) atoms. The van der Waals surface area contributed by atoms with E-state index in [4.69, 9.17) is 0 Å². The van der Waals surface area contributed by atoms with Gasteiger partial charge in [-0.3, -0.25) is 4.99 Å². The van der Waals surface area contributed by atoms with Crippen LogP contribution in [0.3, 0.4) is 0 Å². The van der Waals surface area contributed by atoms with Gasteiger partial charge in [0.1, 0.15) is 12.5 Å². The van der Waals surface area contributed by atoms with Crippen LogP contribution < -0.4 is 10.6 Å². The Morgan fingerprint density at radius 1 is 1.88 bits per heavy atom. The zero-order chi connectivity index (χ0) is 5.82. The van der Waals surface area contributed by atoms with Gasteiger partial charge in [0.05, 0.1) is 0 Å². The fraction of sp³-hybridized carbons (Fsp3) is 0.400. The van der Waals surface area contributed by atoms with E-state index in [-0.39, 0.29) is 0 Å². The van der Waals surface area contributed by atoms with Crippen LogP contribution in [0.4, 0.5) is 0 Å². The molecule has 3 nitrogen and oxygen atoms in total. The molecule has 1 heterocycles. The molecule has 0 saturated heterocycles. The average molecular weight is 111 g/mol. The fourth-order valence-corrected chi connectivity index (χ4v) is 0.541. The third-order valence-electron chi connectivity index (χ3n) is 0.977. The highest BCUT2D eigenvalue weighted by Gasteiger charge is 1.90. The predicted molar refractivity (Wildman–Crippen MR) is 33.6 cm³/mol. The summed E-state index contributed by atoms with van der Waals surface area (Å²) in [4.78, 5) is 3.92. The van der Waals surface area contributed by atoms with Crippen LogP contribution in [0.1, 0.15) is 0 Å². The Balaban J connectivity index is 2.50. The minimum Gasteiger partial charge on any atom is -0.375 e. The maximum absolute atomic E-state index is 3.92. The van der Waals surface area contributed by atoms with Crippen molar-refractivity contribution in [2.45, 2.75) is 0 Å². The number of rotatable bonds is 1. The molecule has 1 aliphatic heterocycles. The number of aliphatic imine (C=N–C) groups is 1. The molecule has 0 aromatic heterocycles. The fourth-order valence-electron chi connectivity index (χ4n) is 0.541. The molecule has 0 radical (unpaired) electrons.